The van der Waals surface area contributed by atoms with Crippen molar-refractivity contribution in [3.05, 3.63) is 58.6 Å². The second-order valence-corrected chi connectivity index (χ2v) is 7.41. The van der Waals surface area contributed by atoms with Crippen LogP contribution in [-0.2, 0) is 0 Å². The Kier molecular flexibility index (Phi) is 7.11. The molecule has 27 heavy (non-hydrogen) atoms. The third-order valence-electron chi connectivity index (χ3n) is 3.75. The van der Waals surface area contributed by atoms with E-state index in [0.29, 0.717) is 28.4 Å². The van der Waals surface area contributed by atoms with E-state index in [1.165, 1.54) is 40.5 Å². The minimum absolute atomic E-state index is 0. The van der Waals surface area contributed by atoms with Crippen LogP contribution in [-0.4, -0.2) is 43.0 Å². The summed E-state index contributed by atoms with van der Waals surface area (Å²) in [7, 11) is 3.78. The van der Waals surface area contributed by atoms with Crippen molar-refractivity contribution in [3.63, 3.8) is 0 Å². The van der Waals surface area contributed by atoms with Gasteiger partial charge in [0.25, 0.3) is 5.91 Å². The molecule has 1 heterocycles. The minimum Gasteiger partial charge on any atom is -0.308 e. The number of likely N-dealkylation sites (N-methyl/N-ethyl adjacent to an activating group) is 1. The van der Waals surface area contributed by atoms with Crippen LogP contribution in [0.15, 0.2) is 36.4 Å². The molecule has 1 amide bonds. The van der Waals surface area contributed by atoms with Gasteiger partial charge in [-0.2, -0.15) is 0 Å². The number of amides is 1. The van der Waals surface area contributed by atoms with Crippen LogP contribution in [0.3, 0.4) is 0 Å². The zero-order valence-electron chi connectivity index (χ0n) is 14.6. The van der Waals surface area contributed by atoms with E-state index in [-0.39, 0.29) is 34.7 Å². The third kappa shape index (κ3) is 4.93. The van der Waals surface area contributed by atoms with Gasteiger partial charge < -0.3 is 4.90 Å². The molecule has 0 aliphatic rings. The normalized spacial score (nSPS) is 10.9. The lowest BCUT2D eigenvalue weighted by Crippen LogP contribution is -2.36. The monoisotopic (exact) mass is 431 g/mol. The largest absolute Gasteiger partial charge is 0.308 e. The Labute approximate surface area is 170 Å². The zero-order valence-corrected chi connectivity index (χ0v) is 17.0. The van der Waals surface area contributed by atoms with Gasteiger partial charge >= 0.3 is 0 Å². The molecule has 0 bridgehead atoms. The molecule has 1 aromatic heterocycles. The molecule has 144 valence electrons. The molecule has 0 N–H and O–H groups in total. The number of halogens is 4. The number of carbonyl (C=O) groups excluding carboxylic acids is 1. The van der Waals surface area contributed by atoms with Crippen molar-refractivity contribution in [2.45, 2.75) is 0 Å². The lowest BCUT2D eigenvalue weighted by molar-refractivity contribution is 0.0985. The summed E-state index contributed by atoms with van der Waals surface area (Å²) in [5.41, 5.74) is 0.802. The molecule has 2 aromatic carbocycles. The first-order valence-corrected chi connectivity index (χ1v) is 9.02. The van der Waals surface area contributed by atoms with Crippen LogP contribution in [0.1, 0.15) is 10.4 Å². The Balaban J connectivity index is 0.00000261. The third-order valence-corrected chi connectivity index (χ3v) is 5.10. The van der Waals surface area contributed by atoms with E-state index in [2.05, 4.69) is 4.98 Å². The van der Waals surface area contributed by atoms with Crippen molar-refractivity contribution < 1.29 is 13.6 Å². The van der Waals surface area contributed by atoms with Crippen LogP contribution in [0.25, 0.3) is 10.2 Å². The first-order chi connectivity index (χ1) is 12.3. The number of anilines is 1. The average molecular weight is 432 g/mol. The quantitative estimate of drug-likeness (QED) is 0.578. The van der Waals surface area contributed by atoms with Crippen molar-refractivity contribution in [3.8, 4) is 0 Å². The Hall–Kier alpha value is -1.80. The molecular formula is C18H17Cl2F2N3OS. The van der Waals surface area contributed by atoms with Crippen LogP contribution in [0.4, 0.5) is 13.9 Å². The molecule has 0 saturated heterocycles. The highest BCUT2D eigenvalue weighted by molar-refractivity contribution is 7.22. The van der Waals surface area contributed by atoms with Crippen molar-refractivity contribution in [1.82, 2.24) is 9.88 Å². The summed E-state index contributed by atoms with van der Waals surface area (Å²) >= 11 is 7.28. The standard InChI is InChI=1S/C18H16ClF2N3OS.ClH/c1-23(2)7-8-24(17(25)13-5-3-11(20)9-14(13)19)18-22-15-6-4-12(21)10-16(15)26-18;/h3-6,9-10H,7-8H2,1-2H3;1H. The molecule has 4 nitrogen and oxygen atoms in total. The Morgan fingerprint density at radius 3 is 2.44 bits per heavy atom. The molecule has 3 rings (SSSR count). The van der Waals surface area contributed by atoms with E-state index in [9.17, 15) is 13.6 Å². The first kappa shape index (κ1) is 21.5. The predicted molar refractivity (Wildman–Crippen MR) is 108 cm³/mol. The topological polar surface area (TPSA) is 36.4 Å². The zero-order chi connectivity index (χ0) is 18.8. The lowest BCUT2D eigenvalue weighted by Gasteiger charge is -2.22. The van der Waals surface area contributed by atoms with E-state index in [1.54, 1.807) is 6.07 Å². The Bertz CT molecular complexity index is 965. The number of rotatable bonds is 5. The van der Waals surface area contributed by atoms with Crippen molar-refractivity contribution in [1.29, 1.82) is 0 Å². The molecule has 0 aliphatic carbocycles. The number of fused-ring (bicyclic) bond motifs is 1. The summed E-state index contributed by atoms with van der Waals surface area (Å²) in [6.07, 6.45) is 0. The van der Waals surface area contributed by atoms with Gasteiger partial charge in [0, 0.05) is 13.1 Å². The predicted octanol–water partition coefficient (Wildman–Crippen LogP) is 4.86. The smallest absolute Gasteiger partial charge is 0.261 e. The van der Waals surface area contributed by atoms with Gasteiger partial charge in [0.2, 0.25) is 0 Å². The van der Waals surface area contributed by atoms with Gasteiger partial charge in [-0.1, -0.05) is 22.9 Å². The minimum atomic E-state index is -0.512. The molecule has 9 heteroatoms. The van der Waals surface area contributed by atoms with E-state index in [0.717, 1.165) is 6.07 Å². The first-order valence-electron chi connectivity index (χ1n) is 7.83. The van der Waals surface area contributed by atoms with Gasteiger partial charge in [0.1, 0.15) is 11.6 Å². The molecule has 0 aliphatic heterocycles. The van der Waals surface area contributed by atoms with Crippen LogP contribution >= 0.6 is 35.3 Å². The van der Waals surface area contributed by atoms with Gasteiger partial charge in [-0.05, 0) is 50.5 Å². The highest BCUT2D eigenvalue weighted by Crippen LogP contribution is 2.31. The van der Waals surface area contributed by atoms with Crippen molar-refractivity contribution in [2.24, 2.45) is 0 Å². The SMILES string of the molecule is CN(C)CCN(C(=O)c1ccc(F)cc1Cl)c1nc2ccc(F)cc2s1.Cl. The van der Waals surface area contributed by atoms with Crippen LogP contribution in [0, 0.1) is 11.6 Å². The van der Waals surface area contributed by atoms with Crippen LogP contribution in [0.5, 0.6) is 0 Å². The summed E-state index contributed by atoms with van der Waals surface area (Å²) in [5, 5.41) is 0.481. The number of nitrogens with zero attached hydrogens (tertiary/aromatic N) is 3. The molecular weight excluding hydrogens is 415 g/mol. The Morgan fingerprint density at radius 2 is 1.78 bits per heavy atom. The second-order valence-electron chi connectivity index (χ2n) is 5.99. The molecule has 3 aromatic rings. The van der Waals surface area contributed by atoms with Crippen molar-refractivity contribution in [2.75, 3.05) is 32.1 Å². The number of hydrogen-bond donors (Lipinski definition) is 0. The maximum absolute atomic E-state index is 13.5. The van der Waals surface area contributed by atoms with Gasteiger partial charge in [-0.15, -0.1) is 12.4 Å². The van der Waals surface area contributed by atoms with Gasteiger partial charge in [-0.3, -0.25) is 9.69 Å². The number of benzene rings is 2. The van der Waals surface area contributed by atoms with Crippen LogP contribution < -0.4 is 4.90 Å². The molecule has 0 atom stereocenters. The summed E-state index contributed by atoms with van der Waals surface area (Å²) in [6, 6.07) is 7.94. The van der Waals surface area contributed by atoms with Gasteiger partial charge in [0.15, 0.2) is 5.13 Å². The maximum atomic E-state index is 13.5. The molecule has 0 spiro atoms. The fraction of sp³-hybridized carbons (Fsp3) is 0.222. The lowest BCUT2D eigenvalue weighted by atomic mass is 10.2. The molecule has 0 saturated carbocycles. The number of aromatic nitrogens is 1. The van der Waals surface area contributed by atoms with E-state index in [4.69, 9.17) is 11.6 Å². The Morgan fingerprint density at radius 1 is 1.11 bits per heavy atom. The summed E-state index contributed by atoms with van der Waals surface area (Å²) < 4.78 is 27.4. The highest BCUT2D eigenvalue weighted by Gasteiger charge is 2.23. The maximum Gasteiger partial charge on any atom is 0.261 e. The average Bonchev–Trinajstić information content (AvgIpc) is 2.97. The molecule has 0 radical (unpaired) electrons. The molecule has 0 fully saturated rings. The number of carbonyl (C=O) groups is 1. The van der Waals surface area contributed by atoms with Crippen molar-refractivity contribution >= 4 is 56.6 Å². The number of hydrogen-bond acceptors (Lipinski definition) is 4. The van der Waals surface area contributed by atoms with Gasteiger partial charge in [0.05, 0.1) is 20.8 Å². The fourth-order valence-electron chi connectivity index (χ4n) is 2.39. The summed E-state index contributed by atoms with van der Waals surface area (Å²) in [4.78, 5) is 20.9. The van der Waals surface area contributed by atoms with Gasteiger partial charge in [-0.25, -0.2) is 13.8 Å². The summed E-state index contributed by atoms with van der Waals surface area (Å²) in [5.74, 6) is -1.25. The van der Waals surface area contributed by atoms with E-state index in [1.807, 2.05) is 19.0 Å². The van der Waals surface area contributed by atoms with E-state index < -0.39 is 5.82 Å². The second kappa shape index (κ2) is 8.93. The van der Waals surface area contributed by atoms with E-state index >= 15 is 0 Å². The molecule has 0 unspecified atom stereocenters. The van der Waals surface area contributed by atoms with Crippen LogP contribution in [0.2, 0.25) is 5.02 Å². The fourth-order valence-corrected chi connectivity index (χ4v) is 3.66. The number of thiazole rings is 1. The highest BCUT2D eigenvalue weighted by atomic mass is 35.5. The summed E-state index contributed by atoms with van der Waals surface area (Å²) in [6.45, 7) is 0.955.